The number of halogens is 1. The molecule has 0 bridgehead atoms. The molecule has 1 aromatic rings. The first kappa shape index (κ1) is 15.7. The number of aromatic nitrogens is 2. The molecule has 0 unspecified atom stereocenters. The largest absolute Gasteiger partial charge is 0.316 e. The smallest absolute Gasteiger partial charge is 0.0766 e. The van der Waals surface area contributed by atoms with Crippen LogP contribution in [-0.2, 0) is 19.9 Å². The summed E-state index contributed by atoms with van der Waals surface area (Å²) in [4.78, 5) is 0. The molecule has 0 saturated heterocycles. The van der Waals surface area contributed by atoms with Gasteiger partial charge in [-0.1, -0.05) is 27.7 Å². The SMILES string of the molecule is CCCNCC(C)(C)Cc1c(Br)c(CC)nn1C. The molecule has 0 fully saturated rings. The van der Waals surface area contributed by atoms with Gasteiger partial charge in [-0.2, -0.15) is 5.10 Å². The molecule has 0 atom stereocenters. The van der Waals surface area contributed by atoms with Crippen molar-refractivity contribution in [3.05, 3.63) is 15.9 Å². The first-order chi connectivity index (χ1) is 8.41. The molecule has 0 aliphatic rings. The fraction of sp³-hybridized carbons (Fsp3) is 0.786. The van der Waals surface area contributed by atoms with Crippen LogP contribution < -0.4 is 5.32 Å². The van der Waals surface area contributed by atoms with Crippen LogP contribution in [0.2, 0.25) is 0 Å². The Hall–Kier alpha value is -0.350. The Morgan fingerprint density at radius 2 is 2.00 bits per heavy atom. The van der Waals surface area contributed by atoms with Gasteiger partial charge in [-0.15, -0.1) is 0 Å². The highest BCUT2D eigenvalue weighted by atomic mass is 79.9. The van der Waals surface area contributed by atoms with E-state index in [0.717, 1.165) is 31.6 Å². The first-order valence-corrected chi connectivity index (χ1v) is 7.61. The minimum absolute atomic E-state index is 0.247. The summed E-state index contributed by atoms with van der Waals surface area (Å²) < 4.78 is 3.21. The number of nitrogens with one attached hydrogen (secondary N) is 1. The van der Waals surface area contributed by atoms with Crippen molar-refractivity contribution in [3.63, 3.8) is 0 Å². The molecule has 1 heterocycles. The van der Waals surface area contributed by atoms with Gasteiger partial charge in [0.1, 0.15) is 0 Å². The topological polar surface area (TPSA) is 29.9 Å². The molecule has 4 heteroatoms. The van der Waals surface area contributed by atoms with E-state index in [4.69, 9.17) is 0 Å². The quantitative estimate of drug-likeness (QED) is 0.782. The summed E-state index contributed by atoms with van der Waals surface area (Å²) in [5.41, 5.74) is 2.70. The summed E-state index contributed by atoms with van der Waals surface area (Å²) in [6, 6.07) is 0. The third kappa shape index (κ3) is 4.09. The maximum Gasteiger partial charge on any atom is 0.0766 e. The summed E-state index contributed by atoms with van der Waals surface area (Å²) in [5, 5.41) is 8.07. The monoisotopic (exact) mass is 315 g/mol. The number of hydrogen-bond acceptors (Lipinski definition) is 2. The van der Waals surface area contributed by atoms with Gasteiger partial charge >= 0.3 is 0 Å². The average molecular weight is 316 g/mol. The fourth-order valence-electron chi connectivity index (χ4n) is 2.13. The maximum atomic E-state index is 4.56. The Bertz CT molecular complexity index is 383. The summed E-state index contributed by atoms with van der Waals surface area (Å²) in [5.74, 6) is 0. The van der Waals surface area contributed by atoms with Crippen molar-refractivity contribution in [2.45, 2.75) is 47.0 Å². The molecule has 1 rings (SSSR count). The Morgan fingerprint density at radius 1 is 1.33 bits per heavy atom. The second kappa shape index (κ2) is 6.71. The van der Waals surface area contributed by atoms with Crippen molar-refractivity contribution in [1.82, 2.24) is 15.1 Å². The molecule has 3 nitrogen and oxygen atoms in total. The van der Waals surface area contributed by atoms with E-state index in [1.54, 1.807) is 0 Å². The molecule has 0 radical (unpaired) electrons. The Balaban J connectivity index is 2.74. The lowest BCUT2D eigenvalue weighted by Gasteiger charge is -2.25. The van der Waals surface area contributed by atoms with E-state index >= 15 is 0 Å². The van der Waals surface area contributed by atoms with Crippen molar-refractivity contribution < 1.29 is 0 Å². The van der Waals surface area contributed by atoms with E-state index in [9.17, 15) is 0 Å². The van der Waals surface area contributed by atoms with Crippen LogP contribution in [0.25, 0.3) is 0 Å². The third-order valence-electron chi connectivity index (χ3n) is 3.18. The Labute approximate surface area is 119 Å². The molecule has 0 saturated carbocycles. The predicted molar refractivity (Wildman–Crippen MR) is 80.9 cm³/mol. The molecule has 0 spiro atoms. The van der Waals surface area contributed by atoms with Gasteiger partial charge < -0.3 is 5.32 Å². The van der Waals surface area contributed by atoms with Gasteiger partial charge in [-0.05, 0) is 47.2 Å². The van der Waals surface area contributed by atoms with Gasteiger partial charge in [0.25, 0.3) is 0 Å². The van der Waals surface area contributed by atoms with Crippen molar-refractivity contribution in [3.8, 4) is 0 Å². The van der Waals surface area contributed by atoms with Crippen molar-refractivity contribution in [1.29, 1.82) is 0 Å². The second-order valence-electron chi connectivity index (χ2n) is 5.70. The second-order valence-corrected chi connectivity index (χ2v) is 6.50. The van der Waals surface area contributed by atoms with E-state index in [1.165, 1.54) is 16.6 Å². The predicted octanol–water partition coefficient (Wildman–Crippen LogP) is 3.31. The zero-order valence-electron chi connectivity index (χ0n) is 12.3. The minimum atomic E-state index is 0.247. The number of nitrogens with zero attached hydrogens (tertiary/aromatic N) is 2. The lowest BCUT2D eigenvalue weighted by Crippen LogP contribution is -2.32. The van der Waals surface area contributed by atoms with Crippen LogP contribution >= 0.6 is 15.9 Å². The van der Waals surface area contributed by atoms with Gasteiger partial charge in [-0.3, -0.25) is 4.68 Å². The van der Waals surface area contributed by atoms with Gasteiger partial charge in [0.15, 0.2) is 0 Å². The molecule has 1 aromatic heterocycles. The van der Waals surface area contributed by atoms with Gasteiger partial charge in [-0.25, -0.2) is 0 Å². The third-order valence-corrected chi connectivity index (χ3v) is 4.09. The molecular weight excluding hydrogens is 290 g/mol. The first-order valence-electron chi connectivity index (χ1n) is 6.82. The van der Waals surface area contributed by atoms with E-state index in [0.29, 0.717) is 0 Å². The highest BCUT2D eigenvalue weighted by Gasteiger charge is 2.23. The molecule has 0 aliphatic carbocycles. The van der Waals surface area contributed by atoms with Crippen LogP contribution in [0.15, 0.2) is 4.47 Å². The van der Waals surface area contributed by atoms with Crippen molar-refractivity contribution >= 4 is 15.9 Å². The molecule has 0 aromatic carbocycles. The van der Waals surface area contributed by atoms with E-state index in [1.807, 2.05) is 11.7 Å². The average Bonchev–Trinajstić information content (AvgIpc) is 2.56. The molecule has 1 N–H and O–H groups in total. The van der Waals surface area contributed by atoms with Crippen molar-refractivity contribution in [2.24, 2.45) is 12.5 Å². The summed E-state index contributed by atoms with van der Waals surface area (Å²) in [6.07, 6.45) is 3.20. The lowest BCUT2D eigenvalue weighted by atomic mass is 9.87. The van der Waals surface area contributed by atoms with E-state index in [-0.39, 0.29) is 5.41 Å². The highest BCUT2D eigenvalue weighted by molar-refractivity contribution is 9.10. The lowest BCUT2D eigenvalue weighted by molar-refractivity contribution is 0.330. The number of hydrogen-bond donors (Lipinski definition) is 1. The van der Waals surface area contributed by atoms with Crippen LogP contribution in [0.1, 0.15) is 45.5 Å². The molecule has 104 valence electrons. The molecule has 0 aliphatic heterocycles. The van der Waals surface area contributed by atoms with Crippen molar-refractivity contribution in [2.75, 3.05) is 13.1 Å². The van der Waals surface area contributed by atoms with Crippen LogP contribution in [0.5, 0.6) is 0 Å². The summed E-state index contributed by atoms with van der Waals surface area (Å²) in [6.45, 7) is 11.1. The zero-order valence-corrected chi connectivity index (χ0v) is 13.9. The van der Waals surface area contributed by atoms with Crippen LogP contribution in [0.4, 0.5) is 0 Å². The Kier molecular flexibility index (Phi) is 5.86. The normalized spacial score (nSPS) is 12.1. The maximum absolute atomic E-state index is 4.56. The summed E-state index contributed by atoms with van der Waals surface area (Å²) in [7, 11) is 2.04. The Morgan fingerprint density at radius 3 is 2.50 bits per heavy atom. The van der Waals surface area contributed by atoms with Crippen LogP contribution in [-0.4, -0.2) is 22.9 Å². The molecular formula is C14H26BrN3. The molecule has 18 heavy (non-hydrogen) atoms. The van der Waals surface area contributed by atoms with Crippen LogP contribution in [0.3, 0.4) is 0 Å². The zero-order chi connectivity index (χ0) is 13.8. The fourth-order valence-corrected chi connectivity index (χ4v) is 2.89. The van der Waals surface area contributed by atoms with E-state index < -0.39 is 0 Å². The summed E-state index contributed by atoms with van der Waals surface area (Å²) >= 11 is 3.69. The molecule has 0 amide bonds. The standard InChI is InChI=1S/C14H26BrN3/c1-6-8-16-10-14(3,4)9-12-13(15)11(7-2)17-18(12)5/h16H,6-10H2,1-5H3. The van der Waals surface area contributed by atoms with Gasteiger partial charge in [0.05, 0.1) is 15.9 Å². The minimum Gasteiger partial charge on any atom is -0.316 e. The highest BCUT2D eigenvalue weighted by Crippen LogP contribution is 2.28. The van der Waals surface area contributed by atoms with Gasteiger partial charge in [0, 0.05) is 13.6 Å². The number of rotatable bonds is 7. The number of aryl methyl sites for hydroxylation is 2. The van der Waals surface area contributed by atoms with Gasteiger partial charge in [0.2, 0.25) is 0 Å². The van der Waals surface area contributed by atoms with E-state index in [2.05, 4.69) is 54.0 Å². The van der Waals surface area contributed by atoms with Crippen LogP contribution in [0, 0.1) is 5.41 Å².